The summed E-state index contributed by atoms with van der Waals surface area (Å²) >= 11 is 6.04. The van der Waals surface area contributed by atoms with Gasteiger partial charge < -0.3 is 10.5 Å². The van der Waals surface area contributed by atoms with Crippen LogP contribution >= 0.6 is 11.6 Å². The van der Waals surface area contributed by atoms with E-state index in [-0.39, 0.29) is 9.92 Å². The summed E-state index contributed by atoms with van der Waals surface area (Å²) in [7, 11) is -3.94. The SMILES string of the molecule is NCCOc1cccc2c(S(=O)(=O)c3cccc4ccccc34)nn(Cc3ccc(Cl)cc3)c12. The zero-order valence-corrected chi connectivity index (χ0v) is 19.8. The third-order valence-electron chi connectivity index (χ3n) is 5.61. The molecule has 5 rings (SSSR count). The first kappa shape index (κ1) is 22.4. The van der Waals surface area contributed by atoms with E-state index in [4.69, 9.17) is 22.1 Å². The molecule has 8 heteroatoms. The second-order valence-corrected chi connectivity index (χ2v) is 10.1. The van der Waals surface area contributed by atoms with Crippen molar-refractivity contribution in [3.63, 3.8) is 0 Å². The number of sulfone groups is 1. The number of aromatic nitrogens is 2. The first-order chi connectivity index (χ1) is 16.5. The van der Waals surface area contributed by atoms with Crippen LogP contribution in [-0.2, 0) is 16.4 Å². The highest BCUT2D eigenvalue weighted by atomic mass is 35.5. The quantitative estimate of drug-likeness (QED) is 0.344. The molecule has 1 heterocycles. The summed E-state index contributed by atoms with van der Waals surface area (Å²) in [4.78, 5) is 0.219. The monoisotopic (exact) mass is 491 g/mol. The number of nitrogens with zero attached hydrogens (tertiary/aromatic N) is 2. The number of hydrogen-bond donors (Lipinski definition) is 1. The Hall–Kier alpha value is -3.39. The summed E-state index contributed by atoms with van der Waals surface area (Å²) in [6.07, 6.45) is 0. The molecule has 0 fully saturated rings. The number of halogens is 1. The van der Waals surface area contributed by atoms with E-state index in [1.807, 2.05) is 42.5 Å². The Balaban J connectivity index is 1.73. The standard InChI is InChI=1S/C26H22ClN3O3S/c27-20-13-11-18(12-14-20)17-30-25-22(8-4-9-23(25)33-16-15-28)26(29-30)34(31,32)24-10-3-6-19-5-1-2-7-21(19)24/h1-14H,15-17,28H2. The fraction of sp³-hybridized carbons (Fsp3) is 0.115. The van der Waals surface area contributed by atoms with Gasteiger partial charge in [-0.15, -0.1) is 0 Å². The van der Waals surface area contributed by atoms with Crippen LogP contribution in [0.5, 0.6) is 5.75 Å². The van der Waals surface area contributed by atoms with Crippen molar-refractivity contribution in [2.75, 3.05) is 13.2 Å². The number of nitrogens with two attached hydrogens (primary N) is 1. The second-order valence-electron chi connectivity index (χ2n) is 7.86. The molecule has 0 saturated carbocycles. The molecule has 34 heavy (non-hydrogen) atoms. The number of benzene rings is 4. The Morgan fingerprint density at radius 1 is 0.882 bits per heavy atom. The highest BCUT2D eigenvalue weighted by Gasteiger charge is 2.28. The molecular weight excluding hydrogens is 470 g/mol. The smallest absolute Gasteiger partial charge is 0.226 e. The maximum absolute atomic E-state index is 13.9. The van der Waals surface area contributed by atoms with Crippen molar-refractivity contribution in [1.82, 2.24) is 9.78 Å². The molecule has 4 aromatic carbocycles. The van der Waals surface area contributed by atoms with Gasteiger partial charge in [-0.05, 0) is 41.3 Å². The molecular formula is C26H22ClN3O3S. The van der Waals surface area contributed by atoms with Crippen molar-refractivity contribution >= 4 is 43.1 Å². The van der Waals surface area contributed by atoms with Crippen LogP contribution in [0, 0.1) is 0 Å². The summed E-state index contributed by atoms with van der Waals surface area (Å²) in [6.45, 7) is 0.987. The van der Waals surface area contributed by atoms with Crippen molar-refractivity contribution < 1.29 is 13.2 Å². The lowest BCUT2D eigenvalue weighted by atomic mass is 10.1. The number of ether oxygens (including phenoxy) is 1. The highest BCUT2D eigenvalue weighted by molar-refractivity contribution is 7.91. The average Bonchev–Trinajstić information content (AvgIpc) is 3.23. The van der Waals surface area contributed by atoms with Gasteiger partial charge in [0, 0.05) is 22.3 Å². The summed E-state index contributed by atoms with van der Waals surface area (Å²) in [6, 6.07) is 25.4. The molecule has 1 aromatic heterocycles. The highest BCUT2D eigenvalue weighted by Crippen LogP contribution is 2.35. The van der Waals surface area contributed by atoms with E-state index >= 15 is 0 Å². The fourth-order valence-corrected chi connectivity index (χ4v) is 5.80. The molecule has 0 bridgehead atoms. The normalized spacial score (nSPS) is 11.8. The maximum Gasteiger partial charge on any atom is 0.226 e. The summed E-state index contributed by atoms with van der Waals surface area (Å²) in [5.41, 5.74) is 7.17. The Kier molecular flexibility index (Phi) is 6.00. The summed E-state index contributed by atoms with van der Waals surface area (Å²) in [5.74, 6) is 0.531. The fourth-order valence-electron chi connectivity index (χ4n) is 4.07. The Morgan fingerprint density at radius 3 is 2.38 bits per heavy atom. The van der Waals surface area contributed by atoms with Crippen LogP contribution in [-0.4, -0.2) is 31.3 Å². The molecule has 0 unspecified atom stereocenters. The van der Waals surface area contributed by atoms with Crippen molar-refractivity contribution in [1.29, 1.82) is 0 Å². The van der Waals surface area contributed by atoms with Gasteiger partial charge in [0.1, 0.15) is 17.9 Å². The van der Waals surface area contributed by atoms with E-state index in [0.717, 1.165) is 10.9 Å². The summed E-state index contributed by atoms with van der Waals surface area (Å²) in [5, 5.41) is 7.23. The third kappa shape index (κ3) is 4.03. The molecule has 0 atom stereocenters. The maximum atomic E-state index is 13.9. The van der Waals surface area contributed by atoms with Gasteiger partial charge in [0.05, 0.1) is 11.4 Å². The number of rotatable bonds is 7. The van der Waals surface area contributed by atoms with Crippen LogP contribution in [0.15, 0.2) is 94.9 Å². The molecule has 6 nitrogen and oxygen atoms in total. The lowest BCUT2D eigenvalue weighted by Gasteiger charge is -2.09. The van der Waals surface area contributed by atoms with Gasteiger partial charge in [0.15, 0.2) is 5.03 Å². The van der Waals surface area contributed by atoms with E-state index in [2.05, 4.69) is 5.10 Å². The molecule has 0 saturated heterocycles. The summed E-state index contributed by atoms with van der Waals surface area (Å²) < 4.78 is 35.4. The number of fused-ring (bicyclic) bond motifs is 2. The first-order valence-corrected chi connectivity index (χ1v) is 12.6. The minimum Gasteiger partial charge on any atom is -0.490 e. The molecule has 172 valence electrons. The topological polar surface area (TPSA) is 87.2 Å². The molecule has 0 radical (unpaired) electrons. The van der Waals surface area contributed by atoms with Crippen molar-refractivity contribution in [2.24, 2.45) is 5.73 Å². The molecule has 0 aliphatic heterocycles. The number of para-hydroxylation sites is 1. The van der Waals surface area contributed by atoms with Gasteiger partial charge in [0.2, 0.25) is 9.84 Å². The van der Waals surface area contributed by atoms with E-state index in [1.54, 1.807) is 47.1 Å². The molecule has 5 aromatic rings. The van der Waals surface area contributed by atoms with Gasteiger partial charge >= 0.3 is 0 Å². The van der Waals surface area contributed by atoms with Crippen LogP contribution < -0.4 is 10.5 Å². The van der Waals surface area contributed by atoms with E-state index in [0.29, 0.717) is 46.8 Å². The van der Waals surface area contributed by atoms with Crippen LogP contribution in [0.2, 0.25) is 5.02 Å². The Bertz CT molecular complexity index is 1590. The lowest BCUT2D eigenvalue weighted by Crippen LogP contribution is -2.11. The van der Waals surface area contributed by atoms with Crippen LogP contribution in [0.1, 0.15) is 5.56 Å². The minimum atomic E-state index is -3.94. The van der Waals surface area contributed by atoms with E-state index in [1.165, 1.54) is 0 Å². The van der Waals surface area contributed by atoms with Gasteiger partial charge in [-0.25, -0.2) is 8.42 Å². The zero-order chi connectivity index (χ0) is 23.7. The van der Waals surface area contributed by atoms with Crippen LogP contribution in [0.25, 0.3) is 21.7 Å². The Labute approximate surface area is 202 Å². The van der Waals surface area contributed by atoms with Gasteiger partial charge in [-0.1, -0.05) is 66.2 Å². The minimum absolute atomic E-state index is 0.00832. The second kappa shape index (κ2) is 9.10. The molecule has 2 N–H and O–H groups in total. The van der Waals surface area contributed by atoms with E-state index in [9.17, 15) is 8.42 Å². The number of hydrogen-bond acceptors (Lipinski definition) is 5. The predicted molar refractivity (Wildman–Crippen MR) is 134 cm³/mol. The van der Waals surface area contributed by atoms with Crippen molar-refractivity contribution in [3.8, 4) is 5.75 Å². The predicted octanol–water partition coefficient (Wildman–Crippen LogP) is 5.06. The lowest BCUT2D eigenvalue weighted by molar-refractivity contribution is 0.330. The molecule has 0 amide bonds. The van der Waals surface area contributed by atoms with Crippen LogP contribution in [0.4, 0.5) is 0 Å². The average molecular weight is 492 g/mol. The van der Waals surface area contributed by atoms with Gasteiger partial charge in [-0.2, -0.15) is 5.10 Å². The van der Waals surface area contributed by atoms with Gasteiger partial charge in [0.25, 0.3) is 0 Å². The van der Waals surface area contributed by atoms with E-state index < -0.39 is 9.84 Å². The van der Waals surface area contributed by atoms with Gasteiger partial charge in [-0.3, -0.25) is 4.68 Å². The molecule has 0 aliphatic rings. The Morgan fingerprint density at radius 2 is 1.59 bits per heavy atom. The molecule has 0 spiro atoms. The first-order valence-electron chi connectivity index (χ1n) is 10.8. The third-order valence-corrected chi connectivity index (χ3v) is 7.61. The van der Waals surface area contributed by atoms with Crippen molar-refractivity contribution in [3.05, 3.63) is 95.5 Å². The van der Waals surface area contributed by atoms with Crippen LogP contribution in [0.3, 0.4) is 0 Å². The van der Waals surface area contributed by atoms with Crippen molar-refractivity contribution in [2.45, 2.75) is 16.5 Å². The molecule has 0 aliphatic carbocycles. The zero-order valence-electron chi connectivity index (χ0n) is 18.2. The largest absolute Gasteiger partial charge is 0.490 e.